The molecule has 3 rings (SSSR count). The number of hydrogen-bond donors (Lipinski definition) is 1. The van der Waals surface area contributed by atoms with Gasteiger partial charge in [-0.2, -0.15) is 0 Å². The maximum atomic E-state index is 8.79. The SMILES string of the molecule is OCCCc1cn(-c2ccc3sccc3c2)nn1. The Balaban J connectivity index is 1.90. The highest BCUT2D eigenvalue weighted by molar-refractivity contribution is 7.17. The van der Waals surface area contributed by atoms with Crippen LogP contribution in [0.4, 0.5) is 0 Å². The second kappa shape index (κ2) is 4.88. The fourth-order valence-corrected chi connectivity index (χ4v) is 2.67. The normalized spacial score (nSPS) is 11.2. The molecule has 2 heterocycles. The highest BCUT2D eigenvalue weighted by atomic mass is 32.1. The van der Waals surface area contributed by atoms with Gasteiger partial charge in [0.15, 0.2) is 0 Å². The molecule has 0 fully saturated rings. The number of thiophene rings is 1. The monoisotopic (exact) mass is 259 g/mol. The largest absolute Gasteiger partial charge is 0.396 e. The number of nitrogens with zero attached hydrogens (tertiary/aromatic N) is 3. The summed E-state index contributed by atoms with van der Waals surface area (Å²) in [6.45, 7) is 0.188. The first-order valence-electron chi connectivity index (χ1n) is 5.86. The summed E-state index contributed by atoms with van der Waals surface area (Å²) in [4.78, 5) is 0. The Hall–Kier alpha value is -1.72. The maximum Gasteiger partial charge on any atom is 0.0832 e. The quantitative estimate of drug-likeness (QED) is 0.782. The Labute approximate surface area is 108 Å². The molecule has 0 spiro atoms. The van der Waals surface area contributed by atoms with Crippen molar-refractivity contribution in [2.45, 2.75) is 12.8 Å². The summed E-state index contributed by atoms with van der Waals surface area (Å²) in [6.07, 6.45) is 3.41. The molecule has 0 aliphatic carbocycles. The number of aliphatic hydroxyl groups is 1. The molecule has 1 N–H and O–H groups in total. The van der Waals surface area contributed by atoms with Gasteiger partial charge in [0.1, 0.15) is 0 Å². The highest BCUT2D eigenvalue weighted by Crippen LogP contribution is 2.23. The number of benzene rings is 1. The number of aryl methyl sites for hydroxylation is 1. The van der Waals surface area contributed by atoms with Gasteiger partial charge in [-0.25, -0.2) is 4.68 Å². The Morgan fingerprint density at radius 2 is 2.22 bits per heavy atom. The molecular weight excluding hydrogens is 246 g/mol. The molecule has 0 bridgehead atoms. The Morgan fingerprint density at radius 3 is 3.11 bits per heavy atom. The predicted octanol–water partition coefficient (Wildman–Crippen LogP) is 2.41. The van der Waals surface area contributed by atoms with Gasteiger partial charge in [0.05, 0.1) is 17.6 Å². The predicted molar refractivity (Wildman–Crippen MR) is 72.1 cm³/mol. The lowest BCUT2D eigenvalue weighted by Gasteiger charge is -1.99. The molecule has 4 nitrogen and oxygen atoms in total. The summed E-state index contributed by atoms with van der Waals surface area (Å²) in [5, 5.41) is 20.3. The third-order valence-corrected chi connectivity index (χ3v) is 3.73. The number of rotatable bonds is 4. The van der Waals surface area contributed by atoms with E-state index in [1.165, 1.54) is 10.1 Å². The minimum Gasteiger partial charge on any atom is -0.396 e. The lowest BCUT2D eigenvalue weighted by atomic mass is 10.2. The van der Waals surface area contributed by atoms with Crippen LogP contribution in [0.2, 0.25) is 0 Å². The van der Waals surface area contributed by atoms with Crippen LogP contribution in [0.15, 0.2) is 35.8 Å². The van der Waals surface area contributed by atoms with Gasteiger partial charge in [-0.15, -0.1) is 16.4 Å². The molecule has 2 aromatic heterocycles. The van der Waals surface area contributed by atoms with E-state index in [2.05, 4.69) is 33.9 Å². The average Bonchev–Trinajstić information content (AvgIpc) is 3.04. The van der Waals surface area contributed by atoms with Crippen LogP contribution in [0.25, 0.3) is 15.8 Å². The standard InChI is InChI=1S/C13H13N3OS/c17-6-1-2-11-9-16(15-14-11)12-3-4-13-10(8-12)5-7-18-13/h3-5,7-9,17H,1-2,6H2. The van der Waals surface area contributed by atoms with Crippen LogP contribution in [0.3, 0.4) is 0 Å². The van der Waals surface area contributed by atoms with E-state index >= 15 is 0 Å². The molecule has 0 saturated heterocycles. The molecule has 0 amide bonds. The number of fused-ring (bicyclic) bond motifs is 1. The first kappa shape index (κ1) is 11.4. The van der Waals surface area contributed by atoms with Gasteiger partial charge in [0, 0.05) is 11.3 Å². The van der Waals surface area contributed by atoms with Crippen LogP contribution in [0.1, 0.15) is 12.1 Å². The van der Waals surface area contributed by atoms with Crippen molar-refractivity contribution in [2.75, 3.05) is 6.61 Å². The van der Waals surface area contributed by atoms with E-state index in [0.29, 0.717) is 0 Å². The van der Waals surface area contributed by atoms with Gasteiger partial charge in [0.2, 0.25) is 0 Å². The lowest BCUT2D eigenvalue weighted by Crippen LogP contribution is -1.93. The molecular formula is C13H13N3OS. The molecule has 92 valence electrons. The van der Waals surface area contributed by atoms with Gasteiger partial charge < -0.3 is 5.11 Å². The fraction of sp³-hybridized carbons (Fsp3) is 0.231. The van der Waals surface area contributed by atoms with E-state index in [0.717, 1.165) is 24.2 Å². The van der Waals surface area contributed by atoms with E-state index in [-0.39, 0.29) is 6.61 Å². The topological polar surface area (TPSA) is 50.9 Å². The summed E-state index contributed by atoms with van der Waals surface area (Å²) in [5.41, 5.74) is 1.93. The Morgan fingerprint density at radius 1 is 1.28 bits per heavy atom. The average molecular weight is 259 g/mol. The zero-order valence-corrected chi connectivity index (χ0v) is 10.6. The third kappa shape index (κ3) is 2.14. The van der Waals surface area contributed by atoms with E-state index in [4.69, 9.17) is 5.11 Å². The number of aromatic nitrogens is 3. The number of hydrogen-bond acceptors (Lipinski definition) is 4. The molecule has 0 aliphatic rings. The van der Waals surface area contributed by atoms with Crippen molar-refractivity contribution in [1.82, 2.24) is 15.0 Å². The van der Waals surface area contributed by atoms with E-state index in [1.807, 2.05) is 12.3 Å². The molecule has 0 radical (unpaired) electrons. The van der Waals surface area contributed by atoms with Gasteiger partial charge in [-0.05, 0) is 47.9 Å². The molecule has 3 aromatic rings. The molecule has 5 heteroatoms. The van der Waals surface area contributed by atoms with Crippen LogP contribution in [-0.4, -0.2) is 26.7 Å². The van der Waals surface area contributed by atoms with Gasteiger partial charge in [-0.3, -0.25) is 0 Å². The first-order valence-corrected chi connectivity index (χ1v) is 6.74. The maximum absolute atomic E-state index is 8.79. The Bertz CT molecular complexity index is 659. The summed E-state index contributed by atoms with van der Waals surface area (Å²) in [5.74, 6) is 0. The highest BCUT2D eigenvalue weighted by Gasteiger charge is 2.04. The van der Waals surface area contributed by atoms with Crippen LogP contribution in [0.5, 0.6) is 0 Å². The lowest BCUT2D eigenvalue weighted by molar-refractivity contribution is 0.288. The molecule has 0 unspecified atom stereocenters. The van der Waals surface area contributed by atoms with Crippen LogP contribution >= 0.6 is 11.3 Å². The molecule has 1 aromatic carbocycles. The van der Waals surface area contributed by atoms with Crippen molar-refractivity contribution in [3.63, 3.8) is 0 Å². The first-order chi connectivity index (χ1) is 8.86. The van der Waals surface area contributed by atoms with Crippen molar-refractivity contribution in [3.8, 4) is 5.69 Å². The molecule has 0 saturated carbocycles. The van der Waals surface area contributed by atoms with Crippen molar-refractivity contribution in [2.24, 2.45) is 0 Å². The van der Waals surface area contributed by atoms with Gasteiger partial charge in [-0.1, -0.05) is 5.21 Å². The smallest absolute Gasteiger partial charge is 0.0832 e. The number of aliphatic hydroxyl groups excluding tert-OH is 1. The minimum absolute atomic E-state index is 0.188. The van der Waals surface area contributed by atoms with E-state index in [9.17, 15) is 0 Å². The van der Waals surface area contributed by atoms with Crippen LogP contribution < -0.4 is 0 Å². The fourth-order valence-electron chi connectivity index (χ4n) is 1.90. The van der Waals surface area contributed by atoms with E-state index in [1.54, 1.807) is 16.0 Å². The summed E-state index contributed by atoms with van der Waals surface area (Å²) in [7, 11) is 0. The second-order valence-corrected chi connectivity index (χ2v) is 5.07. The van der Waals surface area contributed by atoms with Gasteiger partial charge in [0.25, 0.3) is 0 Å². The Kier molecular flexibility index (Phi) is 3.08. The third-order valence-electron chi connectivity index (χ3n) is 2.83. The van der Waals surface area contributed by atoms with Crippen molar-refractivity contribution in [1.29, 1.82) is 0 Å². The molecule has 0 atom stereocenters. The van der Waals surface area contributed by atoms with Gasteiger partial charge >= 0.3 is 0 Å². The zero-order chi connectivity index (χ0) is 12.4. The summed E-state index contributed by atoms with van der Waals surface area (Å²) in [6, 6.07) is 8.36. The van der Waals surface area contributed by atoms with Crippen LogP contribution in [0, 0.1) is 0 Å². The molecule has 18 heavy (non-hydrogen) atoms. The second-order valence-electron chi connectivity index (χ2n) is 4.12. The molecule has 0 aliphatic heterocycles. The van der Waals surface area contributed by atoms with Crippen molar-refractivity contribution < 1.29 is 5.11 Å². The van der Waals surface area contributed by atoms with E-state index < -0.39 is 0 Å². The zero-order valence-electron chi connectivity index (χ0n) is 9.78. The minimum atomic E-state index is 0.188. The summed E-state index contributed by atoms with van der Waals surface area (Å²) < 4.78 is 3.06. The van der Waals surface area contributed by atoms with Crippen molar-refractivity contribution >= 4 is 21.4 Å². The van der Waals surface area contributed by atoms with Crippen LogP contribution in [-0.2, 0) is 6.42 Å². The van der Waals surface area contributed by atoms with Crippen molar-refractivity contribution in [3.05, 3.63) is 41.5 Å². The summed E-state index contributed by atoms with van der Waals surface area (Å²) >= 11 is 1.73.